The molecule has 1 saturated heterocycles. The molecule has 2 N–H and O–H groups in total. The van der Waals surface area contributed by atoms with Crippen LogP contribution in [0, 0.1) is 0 Å². The average Bonchev–Trinajstić information content (AvgIpc) is 2.39. The van der Waals surface area contributed by atoms with Crippen LogP contribution in [0.15, 0.2) is 0 Å². The Labute approximate surface area is 99.5 Å². The molecule has 6 heteroatoms. The summed E-state index contributed by atoms with van der Waals surface area (Å²) in [6.45, 7) is 4.13. The molecule has 0 aliphatic carbocycles. The van der Waals surface area contributed by atoms with Crippen molar-refractivity contribution in [3.05, 3.63) is 0 Å². The van der Waals surface area contributed by atoms with E-state index in [1.54, 1.807) is 0 Å². The van der Waals surface area contributed by atoms with E-state index in [-0.39, 0.29) is 18.6 Å². The van der Waals surface area contributed by atoms with Crippen molar-refractivity contribution in [1.82, 2.24) is 0 Å². The van der Waals surface area contributed by atoms with E-state index in [1.165, 1.54) is 20.8 Å². The zero-order chi connectivity index (χ0) is 13.2. The van der Waals surface area contributed by atoms with Crippen molar-refractivity contribution in [3.63, 3.8) is 0 Å². The lowest BCUT2D eigenvalue weighted by atomic mass is 9.91. The summed E-state index contributed by atoms with van der Waals surface area (Å²) in [5, 5.41) is 19.2. The van der Waals surface area contributed by atoms with Crippen LogP contribution in [0.25, 0.3) is 0 Å². The number of aliphatic hydroxyl groups excluding tert-OH is 2. The van der Waals surface area contributed by atoms with E-state index in [1.807, 2.05) is 0 Å². The molecule has 17 heavy (non-hydrogen) atoms. The molecule has 0 saturated carbocycles. The first kappa shape index (κ1) is 14.1. The van der Waals surface area contributed by atoms with Crippen molar-refractivity contribution < 1.29 is 29.3 Å². The normalized spacial score (nSPS) is 36.9. The number of aliphatic hydroxyl groups is 2. The van der Waals surface area contributed by atoms with E-state index >= 15 is 0 Å². The monoisotopic (exact) mass is 246 g/mol. The van der Waals surface area contributed by atoms with Crippen LogP contribution in [0.3, 0.4) is 0 Å². The highest BCUT2D eigenvalue weighted by Gasteiger charge is 2.55. The molecule has 0 amide bonds. The van der Waals surface area contributed by atoms with Crippen molar-refractivity contribution in [2.45, 2.75) is 57.7 Å². The Bertz CT molecular complexity index is 315. The minimum Gasteiger partial charge on any atom is -0.454 e. The maximum atomic E-state index is 11.0. The lowest BCUT2D eigenvalue weighted by Crippen LogP contribution is -2.49. The zero-order valence-corrected chi connectivity index (χ0v) is 10.2. The molecule has 6 nitrogen and oxygen atoms in total. The summed E-state index contributed by atoms with van der Waals surface area (Å²) < 4.78 is 10.2. The lowest BCUT2D eigenvalue weighted by Gasteiger charge is -2.31. The maximum Gasteiger partial charge on any atom is 0.303 e. The topological polar surface area (TPSA) is 93.1 Å². The van der Waals surface area contributed by atoms with Crippen molar-refractivity contribution in [3.8, 4) is 0 Å². The van der Waals surface area contributed by atoms with Crippen molar-refractivity contribution in [2.75, 3.05) is 0 Å². The number of ketones is 1. The van der Waals surface area contributed by atoms with Gasteiger partial charge in [0.2, 0.25) is 0 Å². The number of hydrogen-bond acceptors (Lipinski definition) is 6. The Morgan fingerprint density at radius 2 is 1.94 bits per heavy atom. The predicted octanol–water partition coefficient (Wildman–Crippen LogP) is -0.244. The van der Waals surface area contributed by atoms with E-state index in [0.717, 1.165) is 0 Å². The van der Waals surface area contributed by atoms with E-state index in [4.69, 9.17) is 9.47 Å². The summed E-state index contributed by atoms with van der Waals surface area (Å²) in [5.74, 6) is -0.605. The molecule has 98 valence electrons. The molecule has 0 unspecified atom stereocenters. The van der Waals surface area contributed by atoms with Crippen LogP contribution in [0.5, 0.6) is 0 Å². The number of carbonyl (C=O) groups is 2. The zero-order valence-electron chi connectivity index (χ0n) is 10.2. The molecule has 0 aromatic rings. The fourth-order valence-corrected chi connectivity index (χ4v) is 1.98. The minimum absolute atomic E-state index is 0.0327. The van der Waals surface area contributed by atoms with Gasteiger partial charge >= 0.3 is 5.97 Å². The molecule has 4 atom stereocenters. The Morgan fingerprint density at radius 1 is 1.35 bits per heavy atom. The predicted molar refractivity (Wildman–Crippen MR) is 57.0 cm³/mol. The summed E-state index contributed by atoms with van der Waals surface area (Å²) in [6, 6.07) is 0. The number of carbonyl (C=O) groups excluding carboxylic acids is 2. The fraction of sp³-hybridized carbons (Fsp3) is 0.818. The van der Waals surface area contributed by atoms with Crippen LogP contribution in [-0.4, -0.2) is 46.1 Å². The highest BCUT2D eigenvalue weighted by Crippen LogP contribution is 2.35. The van der Waals surface area contributed by atoms with Crippen LogP contribution in [0.4, 0.5) is 0 Å². The number of ether oxygens (including phenoxy) is 2. The molecule has 1 heterocycles. The number of hydrogen-bond donors (Lipinski definition) is 2. The average molecular weight is 246 g/mol. The first-order chi connectivity index (χ1) is 7.77. The molecular weight excluding hydrogens is 228 g/mol. The summed E-state index contributed by atoms with van der Waals surface area (Å²) >= 11 is 0. The largest absolute Gasteiger partial charge is 0.454 e. The van der Waals surface area contributed by atoms with Gasteiger partial charge in [0.1, 0.15) is 18.0 Å². The molecule has 0 spiro atoms. The maximum absolute atomic E-state index is 11.0. The Morgan fingerprint density at radius 3 is 2.41 bits per heavy atom. The van der Waals surface area contributed by atoms with Gasteiger partial charge in [0, 0.05) is 13.3 Å². The fourth-order valence-electron chi connectivity index (χ4n) is 1.98. The van der Waals surface area contributed by atoms with Gasteiger partial charge in [-0.25, -0.2) is 0 Å². The van der Waals surface area contributed by atoms with Gasteiger partial charge < -0.3 is 24.5 Å². The van der Waals surface area contributed by atoms with Gasteiger partial charge in [-0.3, -0.25) is 4.79 Å². The van der Waals surface area contributed by atoms with Crippen LogP contribution < -0.4 is 0 Å². The second-order valence-corrected chi connectivity index (χ2v) is 4.48. The third-order valence-corrected chi connectivity index (χ3v) is 2.92. The minimum atomic E-state index is -1.41. The van der Waals surface area contributed by atoms with E-state index in [2.05, 4.69) is 0 Å². The molecular formula is C11H18O6. The second-order valence-electron chi connectivity index (χ2n) is 4.48. The van der Waals surface area contributed by atoms with E-state index in [9.17, 15) is 19.8 Å². The summed E-state index contributed by atoms with van der Waals surface area (Å²) in [5.41, 5.74) is -1.32. The molecule has 0 radical (unpaired) electrons. The molecule has 0 aromatic carbocycles. The molecule has 0 aromatic heterocycles. The Balaban J connectivity index is 2.79. The van der Waals surface area contributed by atoms with Crippen molar-refractivity contribution >= 4 is 11.8 Å². The van der Waals surface area contributed by atoms with Gasteiger partial charge in [0.25, 0.3) is 0 Å². The first-order valence-corrected chi connectivity index (χ1v) is 5.48. The highest BCUT2D eigenvalue weighted by molar-refractivity contribution is 5.75. The molecule has 0 bridgehead atoms. The van der Waals surface area contributed by atoms with Crippen molar-refractivity contribution in [2.24, 2.45) is 0 Å². The smallest absolute Gasteiger partial charge is 0.303 e. The number of rotatable bonds is 4. The van der Waals surface area contributed by atoms with Gasteiger partial charge in [-0.15, -0.1) is 0 Å². The van der Waals surface area contributed by atoms with Gasteiger partial charge in [0.05, 0.1) is 0 Å². The van der Waals surface area contributed by atoms with Crippen LogP contribution >= 0.6 is 0 Å². The molecule has 1 aliphatic rings. The van der Waals surface area contributed by atoms with Gasteiger partial charge in [-0.05, 0) is 20.3 Å². The van der Waals surface area contributed by atoms with Gasteiger partial charge in [0.15, 0.2) is 11.9 Å². The second kappa shape index (κ2) is 5.12. The quantitative estimate of drug-likeness (QED) is 0.665. The van der Waals surface area contributed by atoms with E-state index < -0.39 is 30.1 Å². The van der Waals surface area contributed by atoms with E-state index in [0.29, 0.717) is 0 Å². The highest BCUT2D eigenvalue weighted by atomic mass is 16.7. The number of esters is 1. The first-order valence-electron chi connectivity index (χ1n) is 5.48. The third kappa shape index (κ3) is 3.02. The van der Waals surface area contributed by atoms with Crippen molar-refractivity contribution in [1.29, 1.82) is 0 Å². The Hall–Kier alpha value is -0.980. The molecule has 1 rings (SSSR count). The Kier molecular flexibility index (Phi) is 4.24. The third-order valence-electron chi connectivity index (χ3n) is 2.92. The van der Waals surface area contributed by atoms with Crippen LogP contribution in [0.1, 0.15) is 33.6 Å². The summed E-state index contributed by atoms with van der Waals surface area (Å²) in [7, 11) is 0. The van der Waals surface area contributed by atoms with Gasteiger partial charge in [-0.2, -0.15) is 0 Å². The van der Waals surface area contributed by atoms with Crippen LogP contribution in [-0.2, 0) is 19.1 Å². The standard InChI is InChI=1S/C11H18O6/c1-6(12)4-5-8-11(3,17-7(2)13)9(14)10(15)16-8/h8-10,14-15H,4-5H2,1-3H3/t8-,9+,10+,11+/m1/s1. The van der Waals surface area contributed by atoms with Gasteiger partial charge in [-0.1, -0.05) is 0 Å². The summed E-state index contributed by atoms with van der Waals surface area (Å²) in [6.07, 6.45) is -2.89. The summed E-state index contributed by atoms with van der Waals surface area (Å²) in [4.78, 5) is 21.9. The van der Waals surface area contributed by atoms with Crippen LogP contribution in [0.2, 0.25) is 0 Å². The lowest BCUT2D eigenvalue weighted by molar-refractivity contribution is -0.170. The number of Topliss-reactive ketones (excluding diaryl/α,β-unsaturated/α-hetero) is 1. The molecule has 1 aliphatic heterocycles. The SMILES string of the molecule is CC(=O)CC[C@H]1O[C@H](O)[C@H](O)[C@@]1(C)OC(C)=O. The molecule has 1 fully saturated rings.